The molecule has 20 heavy (non-hydrogen) atoms. The van der Waals surface area contributed by atoms with Crippen LogP contribution in [0.3, 0.4) is 0 Å². The summed E-state index contributed by atoms with van der Waals surface area (Å²) in [5.41, 5.74) is 0.552. The number of hydrogen-bond donors (Lipinski definition) is 2. The summed E-state index contributed by atoms with van der Waals surface area (Å²) in [5.74, 6) is -1.94. The summed E-state index contributed by atoms with van der Waals surface area (Å²) in [4.78, 5) is 19.4. The number of carboxylic acids is 2. The second-order valence-electron chi connectivity index (χ2n) is 6.65. The van der Waals surface area contributed by atoms with E-state index in [1.807, 2.05) is 0 Å². The van der Waals surface area contributed by atoms with E-state index in [4.69, 9.17) is 10.2 Å². The highest BCUT2D eigenvalue weighted by atomic mass is 16.4. The van der Waals surface area contributed by atoms with Gasteiger partial charge in [-0.1, -0.05) is 68.2 Å². The van der Waals surface area contributed by atoms with Crippen molar-refractivity contribution in [1.82, 2.24) is 0 Å². The van der Waals surface area contributed by atoms with Gasteiger partial charge in [-0.05, 0) is 11.8 Å². The molecule has 0 aliphatic carbocycles. The first-order valence-electron chi connectivity index (χ1n) is 7.30. The maximum Gasteiger partial charge on any atom is 0.305 e. The number of aliphatic carboxylic acids is 2. The molecule has 0 aromatic carbocycles. The Morgan fingerprint density at radius 2 is 1.15 bits per heavy atom. The van der Waals surface area contributed by atoms with Crippen LogP contribution in [0.5, 0.6) is 0 Å². The fraction of sp³-hybridized carbons (Fsp3) is 0.875. The van der Waals surface area contributed by atoms with Crippen molar-refractivity contribution in [3.05, 3.63) is 0 Å². The van der Waals surface area contributed by atoms with E-state index < -0.39 is 11.9 Å². The monoisotopic (exact) mass is 290 g/mol. The molecule has 0 aliphatic rings. The van der Waals surface area contributed by atoms with E-state index in [1.165, 1.54) is 19.3 Å². The average molecular weight is 290 g/mol. The molecule has 0 aromatic heterocycles. The zero-order valence-electron chi connectivity index (χ0n) is 14.5. The van der Waals surface area contributed by atoms with Gasteiger partial charge < -0.3 is 10.2 Å². The van der Waals surface area contributed by atoms with Gasteiger partial charge in [0.25, 0.3) is 0 Å². The number of unbranched alkanes of at least 4 members (excludes halogenated alkanes) is 1. The maximum atomic E-state index is 9.70. The van der Waals surface area contributed by atoms with Crippen molar-refractivity contribution < 1.29 is 19.8 Å². The molecular formula is C16H34O4. The molecule has 0 aromatic rings. The molecule has 122 valence electrons. The predicted molar refractivity (Wildman–Crippen MR) is 83.9 cm³/mol. The smallest absolute Gasteiger partial charge is 0.305 e. The Kier molecular flexibility index (Phi) is 15.5. The Labute approximate surface area is 124 Å². The van der Waals surface area contributed by atoms with Crippen LogP contribution in [-0.2, 0) is 9.59 Å². The quantitative estimate of drug-likeness (QED) is 0.788. The summed E-state index contributed by atoms with van der Waals surface area (Å²) in [6.07, 6.45) is 4.07. The summed E-state index contributed by atoms with van der Waals surface area (Å²) in [6.45, 7) is 15.7. The summed E-state index contributed by atoms with van der Waals surface area (Å²) >= 11 is 0. The Hall–Kier alpha value is -1.06. The van der Waals surface area contributed by atoms with E-state index in [2.05, 4.69) is 27.7 Å². The van der Waals surface area contributed by atoms with Gasteiger partial charge in [0.15, 0.2) is 0 Å². The zero-order chi connectivity index (χ0) is 16.9. The van der Waals surface area contributed by atoms with Crippen molar-refractivity contribution in [2.45, 2.75) is 74.7 Å². The molecule has 0 saturated heterocycles. The van der Waals surface area contributed by atoms with Gasteiger partial charge in [0, 0.05) is 0 Å². The van der Waals surface area contributed by atoms with E-state index in [1.54, 1.807) is 27.7 Å². The van der Waals surface area contributed by atoms with Gasteiger partial charge in [-0.15, -0.1) is 0 Å². The van der Waals surface area contributed by atoms with Crippen LogP contribution >= 0.6 is 0 Å². The third kappa shape index (κ3) is 30.2. The molecular weight excluding hydrogens is 256 g/mol. The Balaban J connectivity index is -0.000000221. The number of carboxylic acid groups (broad SMARTS) is 2. The lowest BCUT2D eigenvalue weighted by atomic mass is 9.90. The van der Waals surface area contributed by atoms with Crippen LogP contribution in [0.4, 0.5) is 0 Å². The van der Waals surface area contributed by atoms with Gasteiger partial charge in [0.1, 0.15) is 0 Å². The van der Waals surface area contributed by atoms with Gasteiger partial charge in [0.2, 0.25) is 0 Å². The molecule has 2 N–H and O–H groups in total. The van der Waals surface area contributed by atoms with Crippen LogP contribution in [-0.4, -0.2) is 22.2 Å². The molecule has 0 saturated carbocycles. The van der Waals surface area contributed by atoms with Gasteiger partial charge in [-0.2, -0.15) is 0 Å². The molecule has 0 unspecified atom stereocenters. The lowest BCUT2D eigenvalue weighted by molar-refractivity contribution is -0.141. The van der Waals surface area contributed by atoms with Crippen molar-refractivity contribution in [1.29, 1.82) is 0 Å². The van der Waals surface area contributed by atoms with Crippen LogP contribution < -0.4 is 0 Å². The fourth-order valence-electron chi connectivity index (χ4n) is 0.707. The molecule has 0 fully saturated rings. The predicted octanol–water partition coefficient (Wildman–Crippen LogP) is 4.68. The van der Waals surface area contributed by atoms with Crippen LogP contribution in [0.25, 0.3) is 0 Å². The molecule has 4 heteroatoms. The highest BCUT2D eigenvalue weighted by molar-refractivity contribution is 5.69. The van der Waals surface area contributed by atoms with Gasteiger partial charge in [-0.3, -0.25) is 9.59 Å². The molecule has 0 aliphatic heterocycles. The summed E-state index contributed by atoms with van der Waals surface area (Å²) in [7, 11) is 0. The molecule has 0 spiro atoms. The molecule has 0 atom stereocenters. The number of rotatable bonds is 4. The first-order valence-corrected chi connectivity index (χ1v) is 7.30. The minimum atomic E-state index is -0.741. The molecule has 0 heterocycles. The largest absolute Gasteiger partial charge is 0.481 e. The van der Waals surface area contributed by atoms with Crippen LogP contribution in [0.1, 0.15) is 74.7 Å². The van der Waals surface area contributed by atoms with E-state index in [-0.39, 0.29) is 11.8 Å². The molecule has 0 bridgehead atoms. The lowest BCUT2D eigenvalue weighted by Gasteiger charge is -2.16. The van der Waals surface area contributed by atoms with E-state index in [0.29, 0.717) is 5.41 Å². The maximum absolute atomic E-state index is 9.70. The van der Waals surface area contributed by atoms with E-state index in [9.17, 15) is 9.59 Å². The Morgan fingerprint density at radius 3 is 1.20 bits per heavy atom. The standard InChI is InChI=1S/C8H18.2C4H8O2/c1-5-6-7-8(2,3)4;2*1-3(2)4(5)6/h5-7H2,1-4H3;2*3H,1-2H3,(H,5,6). The third-order valence-electron chi connectivity index (χ3n) is 2.27. The van der Waals surface area contributed by atoms with Crippen LogP contribution in [0.15, 0.2) is 0 Å². The van der Waals surface area contributed by atoms with E-state index in [0.717, 1.165) is 0 Å². The van der Waals surface area contributed by atoms with E-state index >= 15 is 0 Å². The van der Waals surface area contributed by atoms with Crippen molar-refractivity contribution >= 4 is 11.9 Å². The normalized spacial score (nSPS) is 10.3. The second kappa shape index (κ2) is 12.9. The zero-order valence-corrected chi connectivity index (χ0v) is 14.5. The van der Waals surface area contributed by atoms with Crippen molar-refractivity contribution in [3.8, 4) is 0 Å². The summed E-state index contributed by atoms with van der Waals surface area (Å²) < 4.78 is 0. The fourth-order valence-corrected chi connectivity index (χ4v) is 0.707. The first kappa shape index (κ1) is 24.0. The highest BCUT2D eigenvalue weighted by Gasteiger charge is 2.07. The molecule has 0 radical (unpaired) electrons. The van der Waals surface area contributed by atoms with Gasteiger partial charge >= 0.3 is 11.9 Å². The Morgan fingerprint density at radius 1 is 0.900 bits per heavy atom. The molecule has 0 rings (SSSR count). The second-order valence-corrected chi connectivity index (χ2v) is 6.65. The average Bonchev–Trinajstić information content (AvgIpc) is 2.26. The molecule has 4 nitrogen and oxygen atoms in total. The third-order valence-corrected chi connectivity index (χ3v) is 2.27. The van der Waals surface area contributed by atoms with Crippen molar-refractivity contribution in [3.63, 3.8) is 0 Å². The minimum absolute atomic E-state index is 0.231. The SMILES string of the molecule is CC(C)C(=O)O.CC(C)C(=O)O.CCCCC(C)(C)C. The molecule has 0 amide bonds. The first-order chi connectivity index (χ1) is 8.85. The summed E-state index contributed by atoms with van der Waals surface area (Å²) in [5, 5.41) is 16.0. The number of hydrogen-bond acceptors (Lipinski definition) is 2. The Bertz CT molecular complexity index is 232. The van der Waals surface area contributed by atoms with Gasteiger partial charge in [-0.25, -0.2) is 0 Å². The highest BCUT2D eigenvalue weighted by Crippen LogP contribution is 2.20. The van der Waals surface area contributed by atoms with Crippen molar-refractivity contribution in [2.75, 3.05) is 0 Å². The van der Waals surface area contributed by atoms with Crippen molar-refractivity contribution in [2.24, 2.45) is 17.3 Å². The van der Waals surface area contributed by atoms with Crippen LogP contribution in [0.2, 0.25) is 0 Å². The minimum Gasteiger partial charge on any atom is -0.481 e. The topological polar surface area (TPSA) is 74.6 Å². The number of carbonyl (C=O) groups is 2. The summed E-state index contributed by atoms with van der Waals surface area (Å²) in [6, 6.07) is 0. The van der Waals surface area contributed by atoms with Gasteiger partial charge in [0.05, 0.1) is 11.8 Å². The lowest BCUT2D eigenvalue weighted by Crippen LogP contribution is -2.03. The van der Waals surface area contributed by atoms with Crippen LogP contribution in [0, 0.1) is 17.3 Å².